The summed E-state index contributed by atoms with van der Waals surface area (Å²) in [5.41, 5.74) is 2.06. The molecule has 2 aromatic carbocycles. The molecule has 1 aromatic heterocycles. The lowest BCUT2D eigenvalue weighted by molar-refractivity contribution is 0.595. The zero-order valence-electron chi connectivity index (χ0n) is 17.5. The zero-order chi connectivity index (χ0) is 23.6. The molecule has 0 fully saturated rings. The van der Waals surface area contributed by atoms with E-state index < -0.39 is 19.9 Å². The number of para-hydroxylation sites is 2. The van der Waals surface area contributed by atoms with Gasteiger partial charge in [0.15, 0.2) is 15.7 Å². The van der Waals surface area contributed by atoms with E-state index in [4.69, 9.17) is 11.6 Å². The summed E-state index contributed by atoms with van der Waals surface area (Å²) >= 11 is 6.25. The number of halogens is 1. The zero-order valence-corrected chi connectivity index (χ0v) is 19.9. The molecule has 174 valence electrons. The highest BCUT2D eigenvalue weighted by Gasteiger charge is 2.22. The van der Waals surface area contributed by atoms with Crippen LogP contribution in [0, 0.1) is 0 Å². The van der Waals surface area contributed by atoms with Crippen molar-refractivity contribution in [2.45, 2.75) is 11.4 Å². The van der Waals surface area contributed by atoms with Gasteiger partial charge in [0.1, 0.15) is 5.02 Å². The maximum absolute atomic E-state index is 12.4. The highest BCUT2D eigenvalue weighted by atomic mass is 35.5. The van der Waals surface area contributed by atoms with Crippen LogP contribution in [0.25, 0.3) is 0 Å². The maximum Gasteiger partial charge on any atom is 0.229 e. The minimum absolute atomic E-state index is 0.0533. The summed E-state index contributed by atoms with van der Waals surface area (Å²) in [6.07, 6.45) is 2.46. The van der Waals surface area contributed by atoms with Crippen LogP contribution in [0.3, 0.4) is 0 Å². The van der Waals surface area contributed by atoms with Gasteiger partial charge in [0, 0.05) is 18.8 Å². The van der Waals surface area contributed by atoms with Crippen molar-refractivity contribution in [1.29, 1.82) is 0 Å². The second-order valence-corrected chi connectivity index (χ2v) is 11.6. The van der Waals surface area contributed by atoms with Crippen molar-refractivity contribution in [3.05, 3.63) is 59.2 Å². The van der Waals surface area contributed by atoms with Crippen molar-refractivity contribution in [3.8, 4) is 0 Å². The molecule has 3 aromatic rings. The van der Waals surface area contributed by atoms with Crippen LogP contribution in [0.2, 0.25) is 5.02 Å². The number of fused-ring (bicyclic) bond motifs is 1. The van der Waals surface area contributed by atoms with Gasteiger partial charge in [-0.05, 0) is 35.9 Å². The van der Waals surface area contributed by atoms with Gasteiger partial charge in [-0.3, -0.25) is 4.72 Å². The van der Waals surface area contributed by atoms with Crippen molar-refractivity contribution < 1.29 is 16.8 Å². The van der Waals surface area contributed by atoms with E-state index in [2.05, 4.69) is 30.6 Å². The van der Waals surface area contributed by atoms with Gasteiger partial charge >= 0.3 is 0 Å². The van der Waals surface area contributed by atoms with E-state index in [1.54, 1.807) is 42.5 Å². The Bertz CT molecular complexity index is 1410. The summed E-state index contributed by atoms with van der Waals surface area (Å²) in [5.74, 6) is 0.536. The number of hydrogen-bond acceptors (Lipinski definition) is 9. The lowest BCUT2D eigenvalue weighted by atomic mass is 10.2. The monoisotopic (exact) mass is 508 g/mol. The van der Waals surface area contributed by atoms with Gasteiger partial charge < -0.3 is 16.0 Å². The number of benzene rings is 2. The second kappa shape index (κ2) is 9.14. The van der Waals surface area contributed by atoms with Crippen LogP contribution in [0.4, 0.5) is 28.8 Å². The van der Waals surface area contributed by atoms with Gasteiger partial charge in [0.25, 0.3) is 0 Å². The Hall–Kier alpha value is -2.93. The fourth-order valence-electron chi connectivity index (χ4n) is 3.29. The number of aromatic nitrogens is 2. The third-order valence-electron chi connectivity index (χ3n) is 4.73. The predicted octanol–water partition coefficient (Wildman–Crippen LogP) is 2.87. The molecule has 4 rings (SSSR count). The van der Waals surface area contributed by atoms with Crippen molar-refractivity contribution in [3.63, 3.8) is 0 Å². The van der Waals surface area contributed by atoms with E-state index in [0.717, 1.165) is 6.26 Å². The Kier molecular flexibility index (Phi) is 6.43. The number of nitrogens with zero attached hydrogens (tertiary/aromatic N) is 2. The average molecular weight is 509 g/mol. The molecule has 0 radical (unpaired) electrons. The van der Waals surface area contributed by atoms with Gasteiger partial charge in [0.05, 0.1) is 34.5 Å². The number of nitrogens with one attached hydrogen (secondary N) is 4. The minimum Gasteiger partial charge on any atom is -0.337 e. The van der Waals surface area contributed by atoms with E-state index in [1.807, 2.05) is 0 Å². The smallest absolute Gasteiger partial charge is 0.229 e. The first-order valence-corrected chi connectivity index (χ1v) is 13.7. The SMILES string of the molecule is CS(=O)(=O)Nc1ccccc1Nc1nc(Nc2ccc3c(c2)CNCCS3(=O)=O)ncc1Cl. The minimum atomic E-state index is -3.49. The summed E-state index contributed by atoms with van der Waals surface area (Å²) in [6.45, 7) is 0.827. The molecule has 10 nitrogen and oxygen atoms in total. The van der Waals surface area contributed by atoms with E-state index in [9.17, 15) is 16.8 Å². The van der Waals surface area contributed by atoms with Gasteiger partial charge in [0.2, 0.25) is 16.0 Å². The van der Waals surface area contributed by atoms with Gasteiger partial charge in [-0.1, -0.05) is 23.7 Å². The normalized spacial score (nSPS) is 15.2. The molecule has 13 heteroatoms. The van der Waals surface area contributed by atoms with Crippen LogP contribution in [0.1, 0.15) is 5.56 Å². The maximum atomic E-state index is 12.4. The first kappa shape index (κ1) is 23.2. The molecular weight excluding hydrogens is 488 g/mol. The first-order valence-electron chi connectivity index (χ1n) is 9.80. The van der Waals surface area contributed by atoms with Crippen molar-refractivity contribution in [2.24, 2.45) is 0 Å². The molecule has 0 bridgehead atoms. The summed E-state index contributed by atoms with van der Waals surface area (Å²) in [6, 6.07) is 11.7. The summed E-state index contributed by atoms with van der Waals surface area (Å²) < 4.78 is 50.5. The first-order chi connectivity index (χ1) is 15.6. The lowest BCUT2D eigenvalue weighted by Crippen LogP contribution is -2.17. The lowest BCUT2D eigenvalue weighted by Gasteiger charge is -2.14. The molecule has 2 heterocycles. The van der Waals surface area contributed by atoms with E-state index >= 15 is 0 Å². The number of sulfone groups is 1. The Morgan fingerprint density at radius 2 is 1.85 bits per heavy atom. The van der Waals surface area contributed by atoms with Gasteiger partial charge in [-0.25, -0.2) is 21.8 Å². The standard InChI is InChI=1S/C20H21ClN6O4S2/c1-32(28,29)27-17-5-3-2-4-16(17)25-19-15(21)12-23-20(26-19)24-14-6-7-18-13(10-14)11-22-8-9-33(18,30)31/h2-7,10,12,22,27H,8-9,11H2,1H3,(H2,23,24,25,26). The molecule has 0 atom stereocenters. The van der Waals surface area contributed by atoms with Crippen LogP contribution in [0.15, 0.2) is 53.6 Å². The topological polar surface area (TPSA) is 142 Å². The second-order valence-electron chi connectivity index (χ2n) is 7.38. The molecule has 0 amide bonds. The number of rotatable bonds is 6. The molecule has 4 N–H and O–H groups in total. The van der Waals surface area contributed by atoms with E-state index in [1.165, 1.54) is 6.20 Å². The Balaban J connectivity index is 1.60. The van der Waals surface area contributed by atoms with Crippen LogP contribution >= 0.6 is 11.6 Å². The Labute approximate surface area is 196 Å². The molecule has 0 saturated carbocycles. The molecule has 1 aliphatic heterocycles. The largest absolute Gasteiger partial charge is 0.337 e. The van der Waals surface area contributed by atoms with Crippen LogP contribution in [-0.4, -0.2) is 45.4 Å². The number of sulfonamides is 1. The van der Waals surface area contributed by atoms with Gasteiger partial charge in [-0.2, -0.15) is 4.98 Å². The molecule has 33 heavy (non-hydrogen) atoms. The summed E-state index contributed by atoms with van der Waals surface area (Å²) in [5, 5.41) is 9.40. The van der Waals surface area contributed by atoms with Gasteiger partial charge in [-0.15, -0.1) is 0 Å². The highest BCUT2D eigenvalue weighted by molar-refractivity contribution is 7.92. The van der Waals surface area contributed by atoms with Crippen molar-refractivity contribution >= 4 is 60.3 Å². The Morgan fingerprint density at radius 3 is 2.61 bits per heavy atom. The quantitative estimate of drug-likeness (QED) is 0.395. The number of hydrogen-bond donors (Lipinski definition) is 4. The number of anilines is 5. The Morgan fingerprint density at radius 1 is 1.09 bits per heavy atom. The molecule has 0 spiro atoms. The summed E-state index contributed by atoms with van der Waals surface area (Å²) in [4.78, 5) is 8.87. The molecule has 0 aliphatic carbocycles. The fourth-order valence-corrected chi connectivity index (χ4v) is 5.45. The van der Waals surface area contributed by atoms with Crippen molar-refractivity contribution in [2.75, 3.05) is 33.9 Å². The summed E-state index contributed by atoms with van der Waals surface area (Å²) in [7, 11) is -6.82. The molecule has 0 saturated heterocycles. The average Bonchev–Trinajstić information content (AvgIpc) is 2.88. The van der Waals surface area contributed by atoms with Crippen LogP contribution in [-0.2, 0) is 26.4 Å². The van der Waals surface area contributed by atoms with Crippen LogP contribution in [0.5, 0.6) is 0 Å². The van der Waals surface area contributed by atoms with Crippen LogP contribution < -0.4 is 20.7 Å². The van der Waals surface area contributed by atoms with E-state index in [-0.39, 0.29) is 22.5 Å². The third kappa shape index (κ3) is 5.71. The fraction of sp³-hybridized carbons (Fsp3) is 0.200. The molecule has 0 unspecified atom stereocenters. The predicted molar refractivity (Wildman–Crippen MR) is 129 cm³/mol. The van der Waals surface area contributed by atoms with Crippen molar-refractivity contribution in [1.82, 2.24) is 15.3 Å². The third-order valence-corrected chi connectivity index (χ3v) is 7.41. The van der Waals surface area contributed by atoms with E-state index in [0.29, 0.717) is 40.6 Å². The molecular formula is C20H21ClN6O4S2. The highest BCUT2D eigenvalue weighted by Crippen LogP contribution is 2.30. The molecule has 1 aliphatic rings.